The van der Waals surface area contributed by atoms with Gasteiger partial charge in [0.05, 0.1) is 12.2 Å². The predicted octanol–water partition coefficient (Wildman–Crippen LogP) is 1.97. The summed E-state index contributed by atoms with van der Waals surface area (Å²) in [5, 5.41) is 3.30. The minimum absolute atomic E-state index is 0.0331. The SMILES string of the molecule is CCOC(=O)c1ccc(N(C(C)=O)C2CCNCC2)cc1. The number of carbonyl (C=O) groups is 2. The molecule has 1 N–H and O–H groups in total. The van der Waals surface area contributed by atoms with Crippen LogP contribution in [-0.4, -0.2) is 37.6 Å². The van der Waals surface area contributed by atoms with E-state index in [1.54, 1.807) is 26.0 Å². The van der Waals surface area contributed by atoms with Crippen LogP contribution in [0.3, 0.4) is 0 Å². The number of amides is 1. The van der Waals surface area contributed by atoms with Crippen LogP contribution in [0.1, 0.15) is 37.0 Å². The summed E-state index contributed by atoms with van der Waals surface area (Å²) < 4.78 is 4.96. The van der Waals surface area contributed by atoms with Gasteiger partial charge in [-0.3, -0.25) is 4.79 Å². The Bertz CT molecular complexity index is 493. The summed E-state index contributed by atoms with van der Waals surface area (Å²) in [7, 11) is 0. The smallest absolute Gasteiger partial charge is 0.338 e. The van der Waals surface area contributed by atoms with Gasteiger partial charge >= 0.3 is 5.97 Å². The Morgan fingerprint density at radius 3 is 2.38 bits per heavy atom. The first kappa shape index (κ1) is 15.5. The molecule has 114 valence electrons. The highest BCUT2D eigenvalue weighted by atomic mass is 16.5. The molecule has 21 heavy (non-hydrogen) atoms. The molecule has 0 atom stereocenters. The number of esters is 1. The lowest BCUT2D eigenvalue weighted by Gasteiger charge is -2.34. The summed E-state index contributed by atoms with van der Waals surface area (Å²) in [6.07, 6.45) is 1.89. The van der Waals surface area contributed by atoms with Crippen LogP contribution in [0.5, 0.6) is 0 Å². The van der Waals surface area contributed by atoms with E-state index in [1.807, 2.05) is 17.0 Å². The predicted molar refractivity (Wildman–Crippen MR) is 81.5 cm³/mol. The van der Waals surface area contributed by atoms with Crippen molar-refractivity contribution in [1.82, 2.24) is 5.32 Å². The number of nitrogens with zero attached hydrogens (tertiary/aromatic N) is 1. The zero-order valence-corrected chi connectivity index (χ0v) is 12.6. The first-order chi connectivity index (χ1) is 10.1. The molecule has 0 saturated carbocycles. The van der Waals surface area contributed by atoms with Crippen LogP contribution in [0.15, 0.2) is 24.3 Å². The van der Waals surface area contributed by atoms with E-state index < -0.39 is 0 Å². The van der Waals surface area contributed by atoms with Gasteiger partial charge in [0, 0.05) is 18.7 Å². The third-order valence-electron chi connectivity index (χ3n) is 3.67. The number of ether oxygens (including phenoxy) is 1. The molecule has 0 aliphatic carbocycles. The largest absolute Gasteiger partial charge is 0.462 e. The summed E-state index contributed by atoms with van der Waals surface area (Å²) in [6, 6.07) is 7.28. The van der Waals surface area contributed by atoms with Gasteiger partial charge in [-0.05, 0) is 57.1 Å². The molecule has 1 aromatic rings. The zero-order valence-electron chi connectivity index (χ0n) is 12.6. The highest BCUT2D eigenvalue weighted by Crippen LogP contribution is 2.23. The van der Waals surface area contributed by atoms with Crippen molar-refractivity contribution < 1.29 is 14.3 Å². The van der Waals surface area contributed by atoms with E-state index in [0.29, 0.717) is 12.2 Å². The quantitative estimate of drug-likeness (QED) is 0.861. The highest BCUT2D eigenvalue weighted by molar-refractivity contribution is 5.94. The molecular weight excluding hydrogens is 268 g/mol. The minimum Gasteiger partial charge on any atom is -0.462 e. The second-order valence-corrected chi connectivity index (χ2v) is 5.14. The fourth-order valence-corrected chi connectivity index (χ4v) is 2.69. The number of piperidine rings is 1. The third-order valence-corrected chi connectivity index (χ3v) is 3.67. The lowest BCUT2D eigenvalue weighted by molar-refractivity contribution is -0.117. The van der Waals surface area contributed by atoms with Crippen LogP contribution in [-0.2, 0) is 9.53 Å². The number of anilines is 1. The number of rotatable bonds is 4. The molecule has 0 radical (unpaired) electrons. The van der Waals surface area contributed by atoms with Gasteiger partial charge in [-0.2, -0.15) is 0 Å². The highest BCUT2D eigenvalue weighted by Gasteiger charge is 2.24. The summed E-state index contributed by atoms with van der Waals surface area (Å²) in [5.41, 5.74) is 1.34. The molecule has 1 fully saturated rings. The summed E-state index contributed by atoms with van der Waals surface area (Å²) in [6.45, 7) is 5.57. The molecule has 5 nitrogen and oxygen atoms in total. The van der Waals surface area contributed by atoms with Gasteiger partial charge in [0.25, 0.3) is 0 Å². The molecule has 1 aromatic carbocycles. The van der Waals surface area contributed by atoms with Gasteiger partial charge in [-0.25, -0.2) is 4.79 Å². The van der Waals surface area contributed by atoms with Crippen molar-refractivity contribution in [3.05, 3.63) is 29.8 Å². The molecule has 1 amide bonds. The Hall–Kier alpha value is -1.88. The molecule has 0 spiro atoms. The normalized spacial score (nSPS) is 15.5. The number of carbonyl (C=O) groups excluding carboxylic acids is 2. The topological polar surface area (TPSA) is 58.6 Å². The van der Waals surface area contributed by atoms with E-state index in [-0.39, 0.29) is 17.9 Å². The van der Waals surface area contributed by atoms with Gasteiger partial charge in [-0.15, -0.1) is 0 Å². The molecule has 0 aromatic heterocycles. The maximum atomic E-state index is 12.0. The zero-order chi connectivity index (χ0) is 15.2. The van der Waals surface area contributed by atoms with Gasteiger partial charge in [0.15, 0.2) is 0 Å². The van der Waals surface area contributed by atoms with Crippen molar-refractivity contribution in [2.75, 3.05) is 24.6 Å². The van der Waals surface area contributed by atoms with Crippen LogP contribution >= 0.6 is 0 Å². The Morgan fingerprint density at radius 2 is 1.86 bits per heavy atom. The van der Waals surface area contributed by atoms with Crippen LogP contribution in [0.4, 0.5) is 5.69 Å². The van der Waals surface area contributed by atoms with Gasteiger partial charge in [0.2, 0.25) is 5.91 Å². The van der Waals surface area contributed by atoms with Gasteiger partial charge in [0.1, 0.15) is 0 Å². The van der Waals surface area contributed by atoms with Crippen LogP contribution in [0.25, 0.3) is 0 Å². The number of hydrogen-bond donors (Lipinski definition) is 1. The van der Waals surface area contributed by atoms with Crippen LogP contribution in [0, 0.1) is 0 Å². The fraction of sp³-hybridized carbons (Fsp3) is 0.500. The van der Waals surface area contributed by atoms with Crippen LogP contribution < -0.4 is 10.2 Å². The van der Waals surface area contributed by atoms with Gasteiger partial charge in [-0.1, -0.05) is 0 Å². The Labute approximate surface area is 125 Å². The molecular formula is C16H22N2O3. The summed E-state index contributed by atoms with van der Waals surface area (Å²) in [5.74, 6) is -0.300. The average Bonchev–Trinajstić information content (AvgIpc) is 2.49. The van der Waals surface area contributed by atoms with E-state index in [4.69, 9.17) is 4.74 Å². The monoisotopic (exact) mass is 290 g/mol. The van der Waals surface area contributed by atoms with E-state index in [1.165, 1.54) is 0 Å². The molecule has 2 rings (SSSR count). The fourth-order valence-electron chi connectivity index (χ4n) is 2.69. The first-order valence-corrected chi connectivity index (χ1v) is 7.41. The molecule has 1 aliphatic rings. The Balaban J connectivity index is 2.17. The number of benzene rings is 1. The van der Waals surface area contributed by atoms with Crippen molar-refractivity contribution in [3.63, 3.8) is 0 Å². The molecule has 5 heteroatoms. The molecule has 0 bridgehead atoms. The molecule has 1 saturated heterocycles. The lowest BCUT2D eigenvalue weighted by atomic mass is 10.0. The maximum absolute atomic E-state index is 12.0. The van der Waals surface area contributed by atoms with Crippen molar-refractivity contribution in [2.45, 2.75) is 32.7 Å². The van der Waals surface area contributed by atoms with Crippen molar-refractivity contribution >= 4 is 17.6 Å². The molecule has 0 unspecified atom stereocenters. The number of hydrogen-bond acceptors (Lipinski definition) is 4. The Morgan fingerprint density at radius 1 is 1.24 bits per heavy atom. The first-order valence-electron chi connectivity index (χ1n) is 7.41. The average molecular weight is 290 g/mol. The van der Waals surface area contributed by atoms with E-state index in [2.05, 4.69) is 5.32 Å². The van der Waals surface area contributed by atoms with E-state index in [9.17, 15) is 9.59 Å². The summed E-state index contributed by atoms with van der Waals surface area (Å²) >= 11 is 0. The lowest BCUT2D eigenvalue weighted by Crippen LogP contribution is -2.45. The second-order valence-electron chi connectivity index (χ2n) is 5.14. The van der Waals surface area contributed by atoms with Crippen molar-refractivity contribution in [2.24, 2.45) is 0 Å². The molecule has 1 aliphatic heterocycles. The van der Waals surface area contributed by atoms with Gasteiger partial charge < -0.3 is 15.0 Å². The standard InChI is InChI=1S/C16H22N2O3/c1-3-21-16(20)13-4-6-14(7-5-13)18(12(2)19)15-8-10-17-11-9-15/h4-7,15,17H,3,8-11H2,1-2H3. The summed E-state index contributed by atoms with van der Waals surface area (Å²) in [4.78, 5) is 25.5. The van der Waals surface area contributed by atoms with E-state index in [0.717, 1.165) is 31.6 Å². The third kappa shape index (κ3) is 3.82. The van der Waals surface area contributed by atoms with Crippen molar-refractivity contribution in [3.8, 4) is 0 Å². The van der Waals surface area contributed by atoms with Crippen LogP contribution in [0.2, 0.25) is 0 Å². The minimum atomic E-state index is -0.333. The number of nitrogens with one attached hydrogen (secondary N) is 1. The van der Waals surface area contributed by atoms with E-state index >= 15 is 0 Å². The van der Waals surface area contributed by atoms with Crippen molar-refractivity contribution in [1.29, 1.82) is 0 Å². The molecule has 1 heterocycles. The second kappa shape index (κ2) is 7.22. The maximum Gasteiger partial charge on any atom is 0.338 e. The Kier molecular flexibility index (Phi) is 5.33.